The van der Waals surface area contributed by atoms with Crippen molar-refractivity contribution in [2.45, 2.75) is 32.2 Å². The molecule has 1 heterocycles. The minimum Gasteiger partial charge on any atom is -0.397 e. The van der Waals surface area contributed by atoms with E-state index < -0.39 is 5.41 Å². The number of carbonyl (C=O) groups is 1. The average Bonchev–Trinajstić information content (AvgIpc) is 2.53. The van der Waals surface area contributed by atoms with Crippen molar-refractivity contribution in [3.8, 4) is 0 Å². The van der Waals surface area contributed by atoms with E-state index in [1.807, 2.05) is 32.9 Å². The van der Waals surface area contributed by atoms with Crippen LogP contribution in [-0.4, -0.2) is 32.7 Å². The van der Waals surface area contributed by atoms with Crippen LogP contribution >= 0.6 is 0 Å². The molecule has 1 aromatic carbocycles. The first-order valence-electron chi connectivity index (χ1n) is 6.76. The van der Waals surface area contributed by atoms with Crippen LogP contribution < -0.4 is 16.0 Å². The first-order valence-corrected chi connectivity index (χ1v) is 6.76. The Morgan fingerprint density at radius 3 is 2.70 bits per heavy atom. The van der Waals surface area contributed by atoms with Crippen LogP contribution in [0.1, 0.15) is 26.3 Å². The van der Waals surface area contributed by atoms with Crippen LogP contribution in [0, 0.1) is 0 Å². The van der Waals surface area contributed by atoms with Gasteiger partial charge in [0.2, 0.25) is 5.91 Å². The summed E-state index contributed by atoms with van der Waals surface area (Å²) >= 11 is 0. The Labute approximate surface area is 120 Å². The zero-order valence-corrected chi connectivity index (χ0v) is 12.8. The number of anilines is 3. The van der Waals surface area contributed by atoms with Gasteiger partial charge < -0.3 is 20.7 Å². The van der Waals surface area contributed by atoms with Crippen molar-refractivity contribution in [3.63, 3.8) is 0 Å². The smallest absolute Gasteiger partial charge is 0.236 e. The van der Waals surface area contributed by atoms with Crippen molar-refractivity contribution in [1.82, 2.24) is 0 Å². The molecule has 0 fully saturated rings. The van der Waals surface area contributed by atoms with Crippen LogP contribution in [0.2, 0.25) is 0 Å². The van der Waals surface area contributed by atoms with Gasteiger partial charge in [-0.25, -0.2) is 0 Å². The topological polar surface area (TPSA) is 67.6 Å². The maximum atomic E-state index is 12.3. The standard InChI is InChI=1S/C15H23N3O2/c1-9(8-20-5)17-12-7-13-10(6-11(12)16)15(2,3)14(19)18(13)4/h6-7,9,17H,8,16H2,1-5H3/t9-/m0/s1. The van der Waals surface area contributed by atoms with Crippen LogP contribution in [0.15, 0.2) is 12.1 Å². The third kappa shape index (κ3) is 2.22. The number of nitrogens with two attached hydrogens (primary N) is 1. The van der Waals surface area contributed by atoms with Gasteiger partial charge in [0.25, 0.3) is 0 Å². The molecule has 1 aliphatic rings. The van der Waals surface area contributed by atoms with Crippen molar-refractivity contribution in [1.29, 1.82) is 0 Å². The summed E-state index contributed by atoms with van der Waals surface area (Å²) in [5.41, 5.74) is 8.99. The van der Waals surface area contributed by atoms with Gasteiger partial charge in [-0.3, -0.25) is 4.79 Å². The highest BCUT2D eigenvalue weighted by molar-refractivity contribution is 6.08. The maximum absolute atomic E-state index is 12.3. The molecule has 3 N–H and O–H groups in total. The van der Waals surface area contributed by atoms with Gasteiger partial charge in [0.15, 0.2) is 0 Å². The number of carbonyl (C=O) groups excluding carboxylic acids is 1. The van der Waals surface area contributed by atoms with Crippen LogP contribution in [0.3, 0.4) is 0 Å². The lowest BCUT2D eigenvalue weighted by atomic mass is 9.86. The Hall–Kier alpha value is -1.75. The zero-order chi connectivity index (χ0) is 15.1. The van der Waals surface area contributed by atoms with Crippen molar-refractivity contribution < 1.29 is 9.53 Å². The average molecular weight is 277 g/mol. The van der Waals surface area contributed by atoms with E-state index in [9.17, 15) is 4.79 Å². The second-order valence-electron chi connectivity index (χ2n) is 5.95. The Bertz CT molecular complexity index is 540. The molecule has 110 valence electrons. The Balaban J connectivity index is 2.39. The molecule has 0 spiro atoms. The molecule has 1 atom stereocenters. The monoisotopic (exact) mass is 277 g/mol. The number of nitrogens with zero attached hydrogens (tertiary/aromatic N) is 1. The molecular weight excluding hydrogens is 254 g/mol. The minimum absolute atomic E-state index is 0.0917. The van der Waals surface area contributed by atoms with Gasteiger partial charge in [0.1, 0.15) is 0 Å². The third-order valence-electron chi connectivity index (χ3n) is 3.86. The predicted molar refractivity (Wildman–Crippen MR) is 82.3 cm³/mol. The van der Waals surface area contributed by atoms with Gasteiger partial charge in [-0.15, -0.1) is 0 Å². The van der Waals surface area contributed by atoms with Gasteiger partial charge in [0, 0.05) is 25.9 Å². The molecule has 0 saturated heterocycles. The number of hydrogen-bond donors (Lipinski definition) is 2. The fourth-order valence-corrected chi connectivity index (χ4v) is 2.71. The SMILES string of the molecule is COC[C@H](C)Nc1cc2c(cc1N)C(C)(C)C(=O)N2C. The first-order chi connectivity index (χ1) is 9.28. The number of amides is 1. The van der Waals surface area contributed by atoms with Crippen molar-refractivity contribution >= 4 is 23.0 Å². The number of benzene rings is 1. The molecule has 0 radical (unpaired) electrons. The summed E-state index contributed by atoms with van der Waals surface area (Å²) < 4.78 is 5.11. The normalized spacial score (nSPS) is 18.1. The van der Waals surface area contributed by atoms with Crippen LogP contribution in [0.25, 0.3) is 0 Å². The number of rotatable bonds is 4. The summed E-state index contributed by atoms with van der Waals surface area (Å²) in [5.74, 6) is 0.0917. The van der Waals surface area contributed by atoms with Crippen molar-refractivity contribution in [2.24, 2.45) is 0 Å². The van der Waals surface area contributed by atoms with E-state index >= 15 is 0 Å². The fraction of sp³-hybridized carbons (Fsp3) is 0.533. The number of fused-ring (bicyclic) bond motifs is 1. The molecule has 5 nitrogen and oxygen atoms in total. The van der Waals surface area contributed by atoms with Crippen LogP contribution in [-0.2, 0) is 14.9 Å². The summed E-state index contributed by atoms with van der Waals surface area (Å²) in [7, 11) is 3.47. The number of nitrogen functional groups attached to an aromatic ring is 1. The molecule has 0 saturated carbocycles. The van der Waals surface area contributed by atoms with E-state index in [0.717, 1.165) is 16.9 Å². The lowest BCUT2D eigenvalue weighted by Crippen LogP contribution is -2.33. The van der Waals surface area contributed by atoms with E-state index in [-0.39, 0.29) is 11.9 Å². The number of likely N-dealkylation sites (N-methyl/N-ethyl adjacent to an activating group) is 1. The van der Waals surface area contributed by atoms with E-state index in [4.69, 9.17) is 10.5 Å². The second kappa shape index (κ2) is 4.98. The van der Waals surface area contributed by atoms with Gasteiger partial charge in [0.05, 0.1) is 23.4 Å². The van der Waals surface area contributed by atoms with Gasteiger partial charge in [-0.1, -0.05) is 0 Å². The minimum atomic E-state index is -0.519. The van der Waals surface area contributed by atoms with Gasteiger partial charge in [-0.05, 0) is 38.5 Å². The molecular formula is C15H23N3O2. The molecule has 1 aromatic rings. The molecule has 0 bridgehead atoms. The van der Waals surface area contributed by atoms with Crippen LogP contribution in [0.5, 0.6) is 0 Å². The molecule has 1 amide bonds. The molecule has 0 unspecified atom stereocenters. The molecule has 0 aliphatic carbocycles. The quantitative estimate of drug-likeness (QED) is 0.826. The summed E-state index contributed by atoms with van der Waals surface area (Å²) in [5, 5.41) is 3.32. The lowest BCUT2D eigenvalue weighted by molar-refractivity contribution is -0.121. The number of hydrogen-bond acceptors (Lipinski definition) is 4. The van der Waals surface area contributed by atoms with Crippen molar-refractivity contribution in [3.05, 3.63) is 17.7 Å². The highest BCUT2D eigenvalue weighted by Crippen LogP contribution is 2.44. The van der Waals surface area contributed by atoms with E-state index in [2.05, 4.69) is 5.32 Å². The third-order valence-corrected chi connectivity index (χ3v) is 3.86. The molecule has 2 rings (SSSR count). The number of nitrogens with one attached hydrogen (secondary N) is 1. The number of methoxy groups -OCH3 is 1. The largest absolute Gasteiger partial charge is 0.397 e. The molecule has 5 heteroatoms. The summed E-state index contributed by atoms with van der Waals surface area (Å²) in [6.07, 6.45) is 0. The highest BCUT2D eigenvalue weighted by Gasteiger charge is 2.42. The predicted octanol–water partition coefficient (Wildman–Crippen LogP) is 1.97. The first kappa shape index (κ1) is 14.7. The summed E-state index contributed by atoms with van der Waals surface area (Å²) in [6.45, 7) is 6.47. The van der Waals surface area contributed by atoms with Gasteiger partial charge >= 0.3 is 0 Å². The lowest BCUT2D eigenvalue weighted by Gasteiger charge is -2.19. The van der Waals surface area contributed by atoms with Crippen LogP contribution in [0.4, 0.5) is 17.1 Å². The van der Waals surface area contributed by atoms with Gasteiger partial charge in [-0.2, -0.15) is 0 Å². The number of ether oxygens (including phenoxy) is 1. The van der Waals surface area contributed by atoms with E-state index in [1.165, 1.54) is 0 Å². The zero-order valence-electron chi connectivity index (χ0n) is 12.8. The van der Waals surface area contributed by atoms with E-state index in [0.29, 0.717) is 12.3 Å². The maximum Gasteiger partial charge on any atom is 0.236 e. The fourth-order valence-electron chi connectivity index (χ4n) is 2.71. The molecule has 1 aliphatic heterocycles. The van der Waals surface area contributed by atoms with E-state index in [1.54, 1.807) is 19.1 Å². The Morgan fingerprint density at radius 1 is 1.45 bits per heavy atom. The van der Waals surface area contributed by atoms with Crippen molar-refractivity contribution in [2.75, 3.05) is 36.7 Å². The summed E-state index contributed by atoms with van der Waals surface area (Å²) in [4.78, 5) is 14.0. The molecule has 0 aromatic heterocycles. The summed E-state index contributed by atoms with van der Waals surface area (Å²) in [6, 6.07) is 4.00. The second-order valence-corrected chi connectivity index (χ2v) is 5.95. The Kier molecular flexibility index (Phi) is 3.65. The highest BCUT2D eigenvalue weighted by atomic mass is 16.5. The molecule has 20 heavy (non-hydrogen) atoms. The Morgan fingerprint density at radius 2 is 2.10 bits per heavy atom.